The fourth-order valence-electron chi connectivity index (χ4n) is 2.14. The molecule has 0 radical (unpaired) electrons. The van der Waals surface area contributed by atoms with Crippen LogP contribution in [-0.4, -0.2) is 18.4 Å². The van der Waals surface area contributed by atoms with Gasteiger partial charge in [-0.25, -0.2) is 0 Å². The van der Waals surface area contributed by atoms with E-state index in [4.69, 9.17) is 4.74 Å². The number of hydrogen-bond donors (Lipinski definition) is 2. The summed E-state index contributed by atoms with van der Waals surface area (Å²) in [5, 5.41) is 5.52. The van der Waals surface area contributed by atoms with E-state index in [-0.39, 0.29) is 18.4 Å². The monoisotopic (exact) mass is 282 g/mol. The molecule has 1 aliphatic heterocycles. The van der Waals surface area contributed by atoms with E-state index >= 15 is 0 Å². The van der Waals surface area contributed by atoms with Crippen LogP contribution in [0.5, 0.6) is 5.75 Å². The Balaban J connectivity index is 1.68. The molecule has 2 aromatic carbocycles. The first-order valence-corrected chi connectivity index (χ1v) is 6.61. The Morgan fingerprint density at radius 2 is 2.00 bits per heavy atom. The standard InChI is InChI=1S/C16H14N2O3/c19-15(8-11-4-2-1-3-5-11)17-12-6-7-13-14(9-12)21-10-16(20)18-13/h1-7,9H,8,10H2,(H,17,19)(H,18,20). The molecule has 0 fully saturated rings. The molecule has 0 atom stereocenters. The molecule has 5 heteroatoms. The van der Waals surface area contributed by atoms with Crippen LogP contribution >= 0.6 is 0 Å². The predicted molar refractivity (Wildman–Crippen MR) is 79.3 cm³/mol. The molecule has 5 nitrogen and oxygen atoms in total. The number of ether oxygens (including phenoxy) is 1. The quantitative estimate of drug-likeness (QED) is 0.907. The van der Waals surface area contributed by atoms with Gasteiger partial charge in [-0.05, 0) is 17.7 Å². The molecule has 3 rings (SSSR count). The number of carbonyl (C=O) groups excluding carboxylic acids is 2. The van der Waals surface area contributed by atoms with Crippen molar-refractivity contribution in [3.8, 4) is 5.75 Å². The third kappa shape index (κ3) is 3.20. The lowest BCUT2D eigenvalue weighted by Crippen LogP contribution is -2.25. The Hall–Kier alpha value is -2.82. The van der Waals surface area contributed by atoms with Crippen LogP contribution in [0.15, 0.2) is 48.5 Å². The third-order valence-electron chi connectivity index (χ3n) is 3.11. The van der Waals surface area contributed by atoms with Crippen molar-refractivity contribution >= 4 is 23.2 Å². The van der Waals surface area contributed by atoms with Crippen molar-refractivity contribution < 1.29 is 14.3 Å². The summed E-state index contributed by atoms with van der Waals surface area (Å²) in [5.41, 5.74) is 2.22. The molecule has 2 N–H and O–H groups in total. The number of carbonyl (C=O) groups is 2. The number of fused-ring (bicyclic) bond motifs is 1. The number of benzene rings is 2. The predicted octanol–water partition coefficient (Wildman–Crippen LogP) is 2.20. The van der Waals surface area contributed by atoms with Gasteiger partial charge in [0, 0.05) is 11.8 Å². The fraction of sp³-hybridized carbons (Fsp3) is 0.125. The molecule has 106 valence electrons. The van der Waals surface area contributed by atoms with E-state index in [1.165, 1.54) is 0 Å². The maximum absolute atomic E-state index is 12.0. The Morgan fingerprint density at radius 1 is 1.19 bits per heavy atom. The van der Waals surface area contributed by atoms with Crippen LogP contribution in [0.1, 0.15) is 5.56 Å². The minimum atomic E-state index is -0.177. The van der Waals surface area contributed by atoms with Gasteiger partial charge >= 0.3 is 0 Å². The second-order valence-corrected chi connectivity index (χ2v) is 4.76. The van der Waals surface area contributed by atoms with Gasteiger partial charge in [0.1, 0.15) is 5.75 Å². The highest BCUT2D eigenvalue weighted by molar-refractivity contribution is 5.97. The minimum absolute atomic E-state index is 0.00554. The molecule has 0 bridgehead atoms. The van der Waals surface area contributed by atoms with E-state index in [1.807, 2.05) is 30.3 Å². The molecule has 0 spiro atoms. The average molecular weight is 282 g/mol. The van der Waals surface area contributed by atoms with Crippen molar-refractivity contribution in [1.29, 1.82) is 0 Å². The number of nitrogens with one attached hydrogen (secondary N) is 2. The van der Waals surface area contributed by atoms with Crippen molar-refractivity contribution in [2.75, 3.05) is 17.2 Å². The van der Waals surface area contributed by atoms with Crippen molar-refractivity contribution in [2.24, 2.45) is 0 Å². The lowest BCUT2D eigenvalue weighted by Gasteiger charge is -2.18. The van der Waals surface area contributed by atoms with E-state index in [2.05, 4.69) is 10.6 Å². The number of anilines is 2. The maximum atomic E-state index is 12.0. The first-order valence-electron chi connectivity index (χ1n) is 6.61. The zero-order valence-electron chi connectivity index (χ0n) is 11.3. The summed E-state index contributed by atoms with van der Waals surface area (Å²) in [4.78, 5) is 23.2. The van der Waals surface area contributed by atoms with Gasteiger partial charge in [-0.2, -0.15) is 0 Å². The Bertz CT molecular complexity index is 683. The minimum Gasteiger partial charge on any atom is -0.482 e. The summed E-state index contributed by atoms with van der Waals surface area (Å²) in [6.07, 6.45) is 0.315. The second kappa shape index (κ2) is 5.66. The first-order chi connectivity index (χ1) is 10.2. The van der Waals surface area contributed by atoms with Crippen molar-refractivity contribution in [1.82, 2.24) is 0 Å². The van der Waals surface area contributed by atoms with Gasteiger partial charge in [0.15, 0.2) is 6.61 Å². The molecule has 0 saturated carbocycles. The topological polar surface area (TPSA) is 67.4 Å². The van der Waals surface area contributed by atoms with Gasteiger partial charge in [-0.3, -0.25) is 9.59 Å². The van der Waals surface area contributed by atoms with Gasteiger partial charge in [0.2, 0.25) is 5.91 Å². The second-order valence-electron chi connectivity index (χ2n) is 4.76. The molecular weight excluding hydrogens is 268 g/mol. The summed E-state index contributed by atoms with van der Waals surface area (Å²) in [5.74, 6) is 0.288. The van der Waals surface area contributed by atoms with E-state index in [9.17, 15) is 9.59 Å². The van der Waals surface area contributed by atoms with Crippen LogP contribution in [0.4, 0.5) is 11.4 Å². The average Bonchev–Trinajstić information content (AvgIpc) is 2.48. The molecule has 2 amide bonds. The van der Waals surface area contributed by atoms with Gasteiger partial charge < -0.3 is 15.4 Å². The molecule has 21 heavy (non-hydrogen) atoms. The summed E-state index contributed by atoms with van der Waals surface area (Å²) in [6.45, 7) is -0.00554. The van der Waals surface area contributed by atoms with Crippen molar-refractivity contribution in [2.45, 2.75) is 6.42 Å². The number of hydrogen-bond acceptors (Lipinski definition) is 3. The van der Waals surface area contributed by atoms with Crippen LogP contribution in [0, 0.1) is 0 Å². The SMILES string of the molecule is O=C(Cc1ccccc1)Nc1ccc2c(c1)OCC(=O)N2. The highest BCUT2D eigenvalue weighted by atomic mass is 16.5. The Morgan fingerprint density at radius 3 is 2.81 bits per heavy atom. The number of rotatable bonds is 3. The molecule has 0 saturated heterocycles. The first kappa shape index (κ1) is 13.2. The maximum Gasteiger partial charge on any atom is 0.262 e. The van der Waals surface area contributed by atoms with Gasteiger partial charge in [0.05, 0.1) is 12.1 Å². The van der Waals surface area contributed by atoms with Crippen LogP contribution < -0.4 is 15.4 Å². The summed E-state index contributed by atoms with van der Waals surface area (Å²) in [6, 6.07) is 14.7. The van der Waals surface area contributed by atoms with Gasteiger partial charge in [-0.1, -0.05) is 30.3 Å². The lowest BCUT2D eigenvalue weighted by molar-refractivity contribution is -0.118. The van der Waals surface area contributed by atoms with Crippen LogP contribution in [0.2, 0.25) is 0 Å². The largest absolute Gasteiger partial charge is 0.482 e. The molecule has 1 aliphatic rings. The highest BCUT2D eigenvalue weighted by Crippen LogP contribution is 2.30. The summed E-state index contributed by atoms with van der Waals surface area (Å²) >= 11 is 0. The van der Waals surface area contributed by atoms with Crippen molar-refractivity contribution in [3.05, 3.63) is 54.1 Å². The fourth-order valence-corrected chi connectivity index (χ4v) is 2.14. The van der Waals surface area contributed by atoms with Gasteiger partial charge in [-0.15, -0.1) is 0 Å². The molecule has 0 aliphatic carbocycles. The normalized spacial score (nSPS) is 12.9. The van der Waals surface area contributed by atoms with Crippen LogP contribution in [0.25, 0.3) is 0 Å². The van der Waals surface area contributed by atoms with Crippen LogP contribution in [0.3, 0.4) is 0 Å². The molecular formula is C16H14N2O3. The van der Waals surface area contributed by atoms with E-state index in [0.717, 1.165) is 5.56 Å². The van der Waals surface area contributed by atoms with Crippen LogP contribution in [-0.2, 0) is 16.0 Å². The smallest absolute Gasteiger partial charge is 0.262 e. The highest BCUT2D eigenvalue weighted by Gasteiger charge is 2.16. The molecule has 0 unspecified atom stereocenters. The zero-order chi connectivity index (χ0) is 14.7. The third-order valence-corrected chi connectivity index (χ3v) is 3.11. The zero-order valence-corrected chi connectivity index (χ0v) is 11.3. The lowest BCUT2D eigenvalue weighted by atomic mass is 10.1. The Kier molecular flexibility index (Phi) is 3.55. The van der Waals surface area contributed by atoms with E-state index in [1.54, 1.807) is 18.2 Å². The van der Waals surface area contributed by atoms with E-state index < -0.39 is 0 Å². The molecule has 0 aromatic heterocycles. The van der Waals surface area contributed by atoms with E-state index in [0.29, 0.717) is 23.5 Å². The summed E-state index contributed by atoms with van der Waals surface area (Å²) in [7, 11) is 0. The van der Waals surface area contributed by atoms with Gasteiger partial charge in [0.25, 0.3) is 5.91 Å². The Labute approximate surface area is 121 Å². The molecule has 1 heterocycles. The van der Waals surface area contributed by atoms with Crippen molar-refractivity contribution in [3.63, 3.8) is 0 Å². The number of amides is 2. The molecule has 2 aromatic rings. The summed E-state index contributed by atoms with van der Waals surface area (Å²) < 4.78 is 5.31.